The molecule has 0 fully saturated rings. The predicted molar refractivity (Wildman–Crippen MR) is 66.9 cm³/mol. The fourth-order valence-corrected chi connectivity index (χ4v) is 1.86. The summed E-state index contributed by atoms with van der Waals surface area (Å²) in [5.74, 6) is 1.22. The van der Waals surface area contributed by atoms with Gasteiger partial charge in [-0.15, -0.1) is 0 Å². The lowest BCUT2D eigenvalue weighted by atomic mass is 10.1. The minimum Gasteiger partial charge on any atom is -0.493 e. The van der Waals surface area contributed by atoms with Crippen LogP contribution >= 0.6 is 11.6 Å². The summed E-state index contributed by atoms with van der Waals surface area (Å²) in [5.41, 5.74) is 0.674. The van der Waals surface area contributed by atoms with E-state index in [1.165, 1.54) is 0 Å². The molecule has 0 aliphatic heterocycles. The largest absolute Gasteiger partial charge is 0.493 e. The van der Waals surface area contributed by atoms with Crippen LogP contribution in [0.1, 0.15) is 32.3 Å². The first-order chi connectivity index (χ1) is 7.69. The molecule has 0 saturated carbocycles. The third-order valence-electron chi connectivity index (χ3n) is 2.54. The molecule has 16 heavy (non-hydrogen) atoms. The molecule has 0 aliphatic rings. The molecule has 0 saturated heterocycles. The van der Waals surface area contributed by atoms with Gasteiger partial charge in [-0.2, -0.15) is 0 Å². The lowest BCUT2D eigenvalue weighted by Gasteiger charge is -2.15. The first-order valence-electron chi connectivity index (χ1n) is 5.70. The van der Waals surface area contributed by atoms with Crippen molar-refractivity contribution < 1.29 is 9.84 Å². The molecule has 0 heterocycles. The Balaban J connectivity index is 2.63. The van der Waals surface area contributed by atoms with E-state index < -0.39 is 0 Å². The molecule has 3 heteroatoms. The smallest absolute Gasteiger partial charge is 0.126 e. The maximum atomic E-state index is 9.20. The van der Waals surface area contributed by atoms with E-state index in [0.29, 0.717) is 28.9 Å². The van der Waals surface area contributed by atoms with Gasteiger partial charge in [0.25, 0.3) is 0 Å². The zero-order chi connectivity index (χ0) is 12.0. The van der Waals surface area contributed by atoms with E-state index in [2.05, 4.69) is 13.8 Å². The van der Waals surface area contributed by atoms with E-state index in [9.17, 15) is 5.11 Å². The predicted octanol–water partition coefficient (Wildman–Crippen LogP) is 3.65. The number of halogens is 1. The highest BCUT2D eigenvalue weighted by Gasteiger charge is 2.08. The summed E-state index contributed by atoms with van der Waals surface area (Å²) < 4.78 is 5.68. The van der Waals surface area contributed by atoms with Crippen molar-refractivity contribution in [3.05, 3.63) is 28.8 Å². The third-order valence-corrected chi connectivity index (χ3v) is 2.89. The van der Waals surface area contributed by atoms with Crippen LogP contribution in [0.4, 0.5) is 0 Å². The molecule has 0 amide bonds. The van der Waals surface area contributed by atoms with E-state index in [-0.39, 0.29) is 6.61 Å². The summed E-state index contributed by atoms with van der Waals surface area (Å²) in [4.78, 5) is 0. The molecule has 0 radical (unpaired) electrons. The molecule has 1 aromatic rings. The summed E-state index contributed by atoms with van der Waals surface area (Å²) >= 11 is 5.97. The summed E-state index contributed by atoms with van der Waals surface area (Å²) in [7, 11) is 0. The van der Waals surface area contributed by atoms with Gasteiger partial charge in [-0.3, -0.25) is 0 Å². The van der Waals surface area contributed by atoms with Crippen LogP contribution < -0.4 is 4.74 Å². The Morgan fingerprint density at radius 1 is 1.44 bits per heavy atom. The molecule has 1 aromatic carbocycles. The van der Waals surface area contributed by atoms with Gasteiger partial charge < -0.3 is 9.84 Å². The van der Waals surface area contributed by atoms with E-state index in [0.717, 1.165) is 12.8 Å². The fourth-order valence-electron chi connectivity index (χ4n) is 1.64. The Morgan fingerprint density at radius 2 is 2.19 bits per heavy atom. The Labute approximate surface area is 102 Å². The Kier molecular flexibility index (Phi) is 5.64. The number of aliphatic hydroxyl groups is 1. The van der Waals surface area contributed by atoms with Gasteiger partial charge in [0, 0.05) is 10.6 Å². The van der Waals surface area contributed by atoms with Crippen LogP contribution in [0.5, 0.6) is 5.75 Å². The van der Waals surface area contributed by atoms with Crippen molar-refractivity contribution in [2.45, 2.75) is 33.3 Å². The van der Waals surface area contributed by atoms with Gasteiger partial charge in [-0.05, 0) is 24.5 Å². The number of hydrogen-bond acceptors (Lipinski definition) is 2. The van der Waals surface area contributed by atoms with Crippen molar-refractivity contribution in [1.29, 1.82) is 0 Å². The maximum Gasteiger partial charge on any atom is 0.126 e. The first kappa shape index (κ1) is 13.3. The van der Waals surface area contributed by atoms with Gasteiger partial charge in [0.1, 0.15) is 5.75 Å². The van der Waals surface area contributed by atoms with Gasteiger partial charge in [0.2, 0.25) is 0 Å². The minimum atomic E-state index is -0.0861. The van der Waals surface area contributed by atoms with Crippen LogP contribution in [0.25, 0.3) is 0 Å². The summed E-state index contributed by atoms with van der Waals surface area (Å²) in [6.07, 6.45) is 2.31. The van der Waals surface area contributed by atoms with E-state index in [4.69, 9.17) is 16.3 Å². The third kappa shape index (κ3) is 3.69. The number of ether oxygens (including phenoxy) is 1. The SMILES string of the molecule is CCCC(C)COc1cccc(Cl)c1CO. The van der Waals surface area contributed by atoms with Crippen molar-refractivity contribution in [3.8, 4) is 5.75 Å². The Morgan fingerprint density at radius 3 is 2.81 bits per heavy atom. The standard InChI is InChI=1S/C13H19ClO2/c1-3-5-10(2)9-16-13-7-4-6-12(14)11(13)8-15/h4,6-7,10,15H,3,5,8-9H2,1-2H3. The van der Waals surface area contributed by atoms with E-state index >= 15 is 0 Å². The average Bonchev–Trinajstić information content (AvgIpc) is 2.27. The van der Waals surface area contributed by atoms with Crippen LogP contribution in [0.3, 0.4) is 0 Å². The van der Waals surface area contributed by atoms with Crippen molar-refractivity contribution in [2.24, 2.45) is 5.92 Å². The van der Waals surface area contributed by atoms with Gasteiger partial charge in [-0.1, -0.05) is 37.9 Å². The highest BCUT2D eigenvalue weighted by atomic mass is 35.5. The molecule has 0 aliphatic carbocycles. The fraction of sp³-hybridized carbons (Fsp3) is 0.538. The molecule has 1 N–H and O–H groups in total. The lowest BCUT2D eigenvalue weighted by Crippen LogP contribution is -2.09. The van der Waals surface area contributed by atoms with E-state index in [1.807, 2.05) is 12.1 Å². The lowest BCUT2D eigenvalue weighted by molar-refractivity contribution is 0.234. The second-order valence-corrected chi connectivity index (χ2v) is 4.49. The zero-order valence-electron chi connectivity index (χ0n) is 9.87. The van der Waals surface area contributed by atoms with Crippen molar-refractivity contribution >= 4 is 11.6 Å². The van der Waals surface area contributed by atoms with Crippen LogP contribution in [0.15, 0.2) is 18.2 Å². The van der Waals surface area contributed by atoms with Crippen molar-refractivity contribution in [2.75, 3.05) is 6.61 Å². The molecule has 1 rings (SSSR count). The number of hydrogen-bond donors (Lipinski definition) is 1. The van der Waals surface area contributed by atoms with Crippen LogP contribution in [0.2, 0.25) is 5.02 Å². The molecule has 90 valence electrons. The average molecular weight is 243 g/mol. The van der Waals surface area contributed by atoms with Gasteiger partial charge in [0.05, 0.1) is 13.2 Å². The van der Waals surface area contributed by atoms with E-state index in [1.54, 1.807) is 6.07 Å². The number of benzene rings is 1. The van der Waals surface area contributed by atoms with Gasteiger partial charge in [-0.25, -0.2) is 0 Å². The van der Waals surface area contributed by atoms with Crippen LogP contribution in [0, 0.1) is 5.92 Å². The first-order valence-corrected chi connectivity index (χ1v) is 6.07. The molecule has 0 spiro atoms. The van der Waals surface area contributed by atoms with Crippen LogP contribution in [-0.4, -0.2) is 11.7 Å². The molecular weight excluding hydrogens is 224 g/mol. The normalized spacial score (nSPS) is 12.5. The number of rotatable bonds is 6. The molecule has 0 aromatic heterocycles. The topological polar surface area (TPSA) is 29.5 Å². The molecular formula is C13H19ClO2. The second-order valence-electron chi connectivity index (χ2n) is 4.08. The van der Waals surface area contributed by atoms with Gasteiger partial charge in [0.15, 0.2) is 0 Å². The molecule has 0 bridgehead atoms. The summed E-state index contributed by atoms with van der Waals surface area (Å²) in [6.45, 7) is 4.90. The Hall–Kier alpha value is -0.730. The molecule has 1 unspecified atom stereocenters. The minimum absolute atomic E-state index is 0.0861. The molecule has 1 atom stereocenters. The summed E-state index contributed by atoms with van der Waals surface area (Å²) in [5, 5.41) is 9.76. The number of aliphatic hydroxyl groups excluding tert-OH is 1. The monoisotopic (exact) mass is 242 g/mol. The summed E-state index contributed by atoms with van der Waals surface area (Å²) in [6, 6.07) is 5.44. The Bertz CT molecular complexity index is 326. The maximum absolute atomic E-state index is 9.20. The van der Waals surface area contributed by atoms with Crippen molar-refractivity contribution in [3.63, 3.8) is 0 Å². The quantitative estimate of drug-likeness (QED) is 0.825. The second kappa shape index (κ2) is 6.77. The van der Waals surface area contributed by atoms with Crippen molar-refractivity contribution in [1.82, 2.24) is 0 Å². The molecule has 2 nitrogen and oxygen atoms in total. The van der Waals surface area contributed by atoms with Crippen LogP contribution in [-0.2, 0) is 6.61 Å². The highest BCUT2D eigenvalue weighted by molar-refractivity contribution is 6.31. The zero-order valence-corrected chi connectivity index (χ0v) is 10.6. The van der Waals surface area contributed by atoms with Gasteiger partial charge >= 0.3 is 0 Å². The highest BCUT2D eigenvalue weighted by Crippen LogP contribution is 2.26.